The van der Waals surface area contributed by atoms with Crippen LogP contribution in [-0.2, 0) is 26.2 Å². The molecule has 0 bridgehead atoms. The van der Waals surface area contributed by atoms with Gasteiger partial charge in [-0.05, 0) is 94.8 Å². The number of sulfonamides is 1. The van der Waals surface area contributed by atoms with Gasteiger partial charge in [0.25, 0.3) is 10.0 Å². The van der Waals surface area contributed by atoms with E-state index in [2.05, 4.69) is 5.32 Å². The quantitative estimate of drug-likeness (QED) is 0.243. The van der Waals surface area contributed by atoms with Crippen LogP contribution >= 0.6 is 23.2 Å². The van der Waals surface area contributed by atoms with E-state index in [9.17, 15) is 22.4 Å². The van der Waals surface area contributed by atoms with Gasteiger partial charge in [-0.25, -0.2) is 12.8 Å². The topological polar surface area (TPSA) is 96.0 Å². The second-order valence-corrected chi connectivity index (χ2v) is 13.5. The van der Waals surface area contributed by atoms with E-state index in [1.807, 2.05) is 20.8 Å². The van der Waals surface area contributed by atoms with Crippen LogP contribution in [-0.4, -0.2) is 49.9 Å². The van der Waals surface area contributed by atoms with Crippen molar-refractivity contribution in [2.75, 3.05) is 17.5 Å². The number of amides is 2. The van der Waals surface area contributed by atoms with Crippen LogP contribution in [0, 0.1) is 5.82 Å². The van der Waals surface area contributed by atoms with E-state index >= 15 is 0 Å². The van der Waals surface area contributed by atoms with E-state index in [4.69, 9.17) is 27.9 Å². The molecule has 3 aromatic carbocycles. The maximum atomic E-state index is 14.2. The second kappa shape index (κ2) is 14.4. The summed E-state index contributed by atoms with van der Waals surface area (Å²) in [5.41, 5.74) is -0.131. The van der Waals surface area contributed by atoms with E-state index in [1.54, 1.807) is 32.0 Å². The van der Waals surface area contributed by atoms with Crippen molar-refractivity contribution in [2.24, 2.45) is 0 Å². The highest BCUT2D eigenvalue weighted by atomic mass is 35.5. The Bertz CT molecular complexity index is 1510. The van der Waals surface area contributed by atoms with Crippen LogP contribution in [0.2, 0.25) is 10.0 Å². The number of benzene rings is 3. The molecule has 12 heteroatoms. The van der Waals surface area contributed by atoms with Crippen molar-refractivity contribution in [3.8, 4) is 5.75 Å². The van der Waals surface area contributed by atoms with Crippen molar-refractivity contribution < 1.29 is 27.1 Å². The number of anilines is 1. The van der Waals surface area contributed by atoms with Crippen molar-refractivity contribution in [1.29, 1.82) is 0 Å². The van der Waals surface area contributed by atoms with Crippen LogP contribution in [0.15, 0.2) is 71.6 Å². The summed E-state index contributed by atoms with van der Waals surface area (Å²) in [6.45, 7) is 8.54. The lowest BCUT2D eigenvalue weighted by Crippen LogP contribution is -2.55. The van der Waals surface area contributed by atoms with Crippen LogP contribution in [0.1, 0.15) is 46.6 Å². The number of halogens is 3. The van der Waals surface area contributed by atoms with E-state index in [1.165, 1.54) is 41.3 Å². The smallest absolute Gasteiger partial charge is 0.264 e. The third kappa shape index (κ3) is 8.84. The number of carbonyl (C=O) groups excluding carboxylic acids is 2. The summed E-state index contributed by atoms with van der Waals surface area (Å²) in [4.78, 5) is 28.8. The molecule has 43 heavy (non-hydrogen) atoms. The molecule has 8 nitrogen and oxygen atoms in total. The number of ether oxygens (including phenoxy) is 1. The van der Waals surface area contributed by atoms with Crippen LogP contribution in [0.25, 0.3) is 0 Å². The lowest BCUT2D eigenvalue weighted by Gasteiger charge is -2.35. The van der Waals surface area contributed by atoms with Crippen LogP contribution < -0.4 is 14.4 Å². The molecule has 0 spiro atoms. The molecule has 0 radical (unpaired) electrons. The zero-order valence-corrected chi connectivity index (χ0v) is 27.1. The normalized spacial score (nSPS) is 12.4. The maximum absolute atomic E-state index is 14.2. The van der Waals surface area contributed by atoms with Gasteiger partial charge >= 0.3 is 0 Å². The summed E-state index contributed by atoms with van der Waals surface area (Å²) in [6, 6.07) is 14.4. The molecule has 232 valence electrons. The van der Waals surface area contributed by atoms with Crippen molar-refractivity contribution in [1.82, 2.24) is 10.2 Å². The predicted octanol–water partition coefficient (Wildman–Crippen LogP) is 6.45. The van der Waals surface area contributed by atoms with Crippen molar-refractivity contribution in [2.45, 2.75) is 64.1 Å². The number of rotatable bonds is 12. The Morgan fingerprint density at radius 3 is 2.05 bits per heavy atom. The summed E-state index contributed by atoms with van der Waals surface area (Å²) < 4.78 is 48.1. The Hall–Kier alpha value is -3.34. The summed E-state index contributed by atoms with van der Waals surface area (Å²) in [6.07, 6.45) is 0.220. The SMILES string of the molecule is CCOc1ccc(S(=O)(=O)N(CC(=O)N(Cc2c(Cl)cccc2Cl)[C@H](CC)C(=O)NC(C)(C)C)c2ccc(F)cc2)cc1. The van der Waals surface area contributed by atoms with Gasteiger partial charge in [0.2, 0.25) is 11.8 Å². The second-order valence-electron chi connectivity index (χ2n) is 10.8. The Morgan fingerprint density at radius 2 is 1.53 bits per heavy atom. The molecule has 0 aromatic heterocycles. The largest absolute Gasteiger partial charge is 0.494 e. The standard InChI is InChI=1S/C31H36Cl2FN3O5S/c1-6-28(30(39)35-31(3,4)5)36(19-25-26(32)9-8-10-27(25)33)29(38)20-37(22-13-11-21(34)12-14-22)43(40,41)24-17-15-23(16-18-24)42-7-2/h8-18,28H,6-7,19-20H2,1-5H3,(H,35,39)/t28-/m1/s1. The maximum Gasteiger partial charge on any atom is 0.264 e. The predicted molar refractivity (Wildman–Crippen MR) is 168 cm³/mol. The van der Waals surface area contributed by atoms with Gasteiger partial charge in [-0.1, -0.05) is 36.2 Å². The molecular weight excluding hydrogens is 616 g/mol. The van der Waals surface area contributed by atoms with Gasteiger partial charge in [0.05, 0.1) is 17.2 Å². The van der Waals surface area contributed by atoms with E-state index in [-0.39, 0.29) is 33.6 Å². The summed E-state index contributed by atoms with van der Waals surface area (Å²) in [5.74, 6) is -1.21. The summed E-state index contributed by atoms with van der Waals surface area (Å²) >= 11 is 12.9. The monoisotopic (exact) mass is 651 g/mol. The van der Waals surface area contributed by atoms with E-state index in [0.717, 1.165) is 16.4 Å². The number of carbonyl (C=O) groups is 2. The molecule has 0 heterocycles. The average molecular weight is 653 g/mol. The molecule has 0 unspecified atom stereocenters. The van der Waals surface area contributed by atoms with Crippen LogP contribution in [0.5, 0.6) is 5.75 Å². The first-order chi connectivity index (χ1) is 20.2. The Kier molecular flexibility index (Phi) is 11.5. The van der Waals surface area contributed by atoms with Crippen molar-refractivity contribution in [3.63, 3.8) is 0 Å². The third-order valence-corrected chi connectivity index (χ3v) is 8.89. The van der Waals surface area contributed by atoms with Gasteiger partial charge in [-0.15, -0.1) is 0 Å². The highest BCUT2D eigenvalue weighted by molar-refractivity contribution is 7.92. The van der Waals surface area contributed by atoms with Gasteiger partial charge in [0.1, 0.15) is 24.2 Å². The number of nitrogens with zero attached hydrogens (tertiary/aromatic N) is 2. The fraction of sp³-hybridized carbons (Fsp3) is 0.355. The lowest BCUT2D eigenvalue weighted by atomic mass is 10.1. The van der Waals surface area contributed by atoms with Gasteiger partial charge in [0, 0.05) is 27.7 Å². The molecule has 0 saturated heterocycles. The molecule has 0 aliphatic carbocycles. The molecule has 3 rings (SSSR count). The Labute approximate surface area is 262 Å². The van der Waals surface area contributed by atoms with Crippen molar-refractivity contribution >= 4 is 50.7 Å². The Morgan fingerprint density at radius 1 is 0.953 bits per heavy atom. The van der Waals surface area contributed by atoms with Gasteiger partial charge in [0.15, 0.2) is 0 Å². The average Bonchev–Trinajstić information content (AvgIpc) is 2.93. The highest BCUT2D eigenvalue weighted by Crippen LogP contribution is 2.29. The number of hydrogen-bond donors (Lipinski definition) is 1. The highest BCUT2D eigenvalue weighted by Gasteiger charge is 2.35. The lowest BCUT2D eigenvalue weighted by molar-refractivity contribution is -0.141. The molecule has 1 atom stereocenters. The first kappa shape index (κ1) is 34.2. The molecule has 0 fully saturated rings. The molecule has 0 saturated carbocycles. The first-order valence-corrected chi connectivity index (χ1v) is 15.9. The molecule has 0 aliphatic heterocycles. The van der Waals surface area contributed by atoms with E-state index < -0.39 is 45.8 Å². The fourth-order valence-electron chi connectivity index (χ4n) is 4.36. The number of nitrogens with one attached hydrogen (secondary N) is 1. The Balaban J connectivity index is 2.10. The van der Waals surface area contributed by atoms with Crippen LogP contribution in [0.3, 0.4) is 0 Å². The van der Waals surface area contributed by atoms with E-state index in [0.29, 0.717) is 17.9 Å². The molecular formula is C31H36Cl2FN3O5S. The van der Waals surface area contributed by atoms with Gasteiger partial charge < -0.3 is 15.0 Å². The van der Waals surface area contributed by atoms with Crippen molar-refractivity contribution in [3.05, 3.63) is 88.2 Å². The van der Waals surface area contributed by atoms with Gasteiger partial charge in [-0.3, -0.25) is 13.9 Å². The first-order valence-electron chi connectivity index (χ1n) is 13.7. The minimum atomic E-state index is -4.34. The van der Waals surface area contributed by atoms with Crippen LogP contribution in [0.4, 0.5) is 10.1 Å². The summed E-state index contributed by atoms with van der Waals surface area (Å²) in [5, 5.41) is 3.47. The third-order valence-electron chi connectivity index (χ3n) is 6.39. The minimum absolute atomic E-state index is 0.0616. The molecule has 2 amide bonds. The molecule has 3 aromatic rings. The zero-order valence-electron chi connectivity index (χ0n) is 24.7. The molecule has 0 aliphatic rings. The fourth-order valence-corrected chi connectivity index (χ4v) is 6.30. The zero-order chi connectivity index (χ0) is 31.9. The van der Waals surface area contributed by atoms with Gasteiger partial charge in [-0.2, -0.15) is 0 Å². The molecule has 1 N–H and O–H groups in total. The minimum Gasteiger partial charge on any atom is -0.494 e. The summed E-state index contributed by atoms with van der Waals surface area (Å²) in [7, 11) is -4.34. The number of hydrogen-bond acceptors (Lipinski definition) is 5.